The molecule has 0 aromatic heterocycles. The number of allylic oxidation sites excluding steroid dienone is 1. The summed E-state index contributed by atoms with van der Waals surface area (Å²) in [5.41, 5.74) is 1.62. The third-order valence-corrected chi connectivity index (χ3v) is 5.60. The van der Waals surface area contributed by atoms with Crippen LogP contribution in [-0.2, 0) is 30.5 Å². The third-order valence-electron chi connectivity index (χ3n) is 5.60. The second-order valence-electron chi connectivity index (χ2n) is 7.99. The molecule has 11 nitrogen and oxygen atoms in total. The van der Waals surface area contributed by atoms with Gasteiger partial charge in [0.1, 0.15) is 18.3 Å². The summed E-state index contributed by atoms with van der Waals surface area (Å²) in [5.74, 6) is -4.02. The summed E-state index contributed by atoms with van der Waals surface area (Å²) in [4.78, 5) is 51.8. The molecule has 2 atom stereocenters. The monoisotopic (exact) mass is 496 g/mol. The number of aliphatic imine (C=N–C) groups is 1. The number of carboxylic acids is 1. The molecule has 188 valence electrons. The maximum absolute atomic E-state index is 13.3. The van der Waals surface area contributed by atoms with Crippen LogP contribution in [0.25, 0.3) is 0 Å². The number of rotatable bonds is 9. The topological polar surface area (TPSA) is 155 Å². The molecule has 0 saturated carbocycles. The number of hydrogen-bond donors (Lipinski definition) is 1. The highest BCUT2D eigenvalue weighted by Gasteiger charge is 2.42. The molecule has 0 spiro atoms. The number of methoxy groups -OCH3 is 1. The summed E-state index contributed by atoms with van der Waals surface area (Å²) in [6, 6.07) is 12.0. The van der Waals surface area contributed by atoms with Gasteiger partial charge >= 0.3 is 17.9 Å². The fourth-order valence-corrected chi connectivity index (χ4v) is 3.98. The lowest BCUT2D eigenvalue weighted by Gasteiger charge is -2.31. The van der Waals surface area contributed by atoms with Crippen LogP contribution in [0, 0.1) is 16.0 Å². The standard InChI is InChI=1S/C25H24N2O9/c1-14-21(24(30)34-3)23(17-5-4-6-18(11-17)27(32)33)22(15(2)26-14)25(31)36-12-16-7-9-19(10-8-16)35-13-20(28)29/h4-11,21,23H,12-13H2,1-3H3,(H,28,29). The van der Waals surface area contributed by atoms with Gasteiger partial charge in [0.25, 0.3) is 5.69 Å². The van der Waals surface area contributed by atoms with Crippen LogP contribution in [0.5, 0.6) is 5.75 Å². The van der Waals surface area contributed by atoms with Gasteiger partial charge in [-0.3, -0.25) is 19.9 Å². The molecule has 2 unspecified atom stereocenters. The molecule has 1 aliphatic rings. The zero-order valence-electron chi connectivity index (χ0n) is 19.8. The average molecular weight is 496 g/mol. The SMILES string of the molecule is COC(=O)C1C(C)=NC(C)=C(C(=O)OCc2ccc(OCC(=O)O)cc2)C1c1cccc([N+](=O)[O-])c1. The molecule has 3 rings (SSSR count). The van der Waals surface area contributed by atoms with Gasteiger partial charge in [0, 0.05) is 29.5 Å². The second kappa shape index (κ2) is 11.3. The van der Waals surface area contributed by atoms with Crippen molar-refractivity contribution in [3.8, 4) is 5.75 Å². The van der Waals surface area contributed by atoms with E-state index in [1.807, 2.05) is 0 Å². The van der Waals surface area contributed by atoms with E-state index >= 15 is 0 Å². The first kappa shape index (κ1) is 26.1. The molecule has 0 fully saturated rings. The number of ether oxygens (including phenoxy) is 3. The van der Waals surface area contributed by atoms with E-state index in [1.165, 1.54) is 25.3 Å². The number of non-ortho nitro benzene ring substituents is 1. The molecule has 0 amide bonds. The maximum atomic E-state index is 13.3. The Morgan fingerprint density at radius 3 is 2.42 bits per heavy atom. The van der Waals surface area contributed by atoms with Gasteiger partial charge in [-0.1, -0.05) is 24.3 Å². The Bertz CT molecular complexity index is 1250. The highest BCUT2D eigenvalue weighted by Crippen LogP contribution is 2.41. The smallest absolute Gasteiger partial charge is 0.341 e. The summed E-state index contributed by atoms with van der Waals surface area (Å²) < 4.78 is 15.5. The zero-order valence-corrected chi connectivity index (χ0v) is 19.8. The van der Waals surface area contributed by atoms with Crippen molar-refractivity contribution in [3.63, 3.8) is 0 Å². The normalized spacial score (nSPS) is 17.1. The molecule has 36 heavy (non-hydrogen) atoms. The molecule has 2 aromatic rings. The van der Waals surface area contributed by atoms with Crippen molar-refractivity contribution >= 4 is 29.3 Å². The number of hydrogen-bond acceptors (Lipinski definition) is 9. The number of benzene rings is 2. The predicted octanol–water partition coefficient (Wildman–Crippen LogP) is 3.42. The fourth-order valence-electron chi connectivity index (χ4n) is 3.98. The third kappa shape index (κ3) is 5.93. The van der Waals surface area contributed by atoms with Crippen LogP contribution in [-0.4, -0.2) is 47.4 Å². The fraction of sp³-hybridized carbons (Fsp3) is 0.280. The number of nitro benzene ring substituents is 1. The lowest BCUT2D eigenvalue weighted by Crippen LogP contribution is -2.36. The molecular formula is C25H24N2O9. The van der Waals surface area contributed by atoms with E-state index in [0.717, 1.165) is 0 Å². The molecule has 1 N–H and O–H groups in total. The van der Waals surface area contributed by atoms with Gasteiger partial charge in [0.15, 0.2) is 6.61 Å². The van der Waals surface area contributed by atoms with Crippen molar-refractivity contribution in [1.29, 1.82) is 0 Å². The quantitative estimate of drug-likeness (QED) is 0.312. The Hall–Kier alpha value is -4.54. The Morgan fingerprint density at radius 2 is 1.81 bits per heavy atom. The first-order valence-corrected chi connectivity index (χ1v) is 10.8. The van der Waals surface area contributed by atoms with Gasteiger partial charge < -0.3 is 19.3 Å². The number of carbonyl (C=O) groups excluding carboxylic acids is 2. The molecule has 1 aliphatic heterocycles. The van der Waals surface area contributed by atoms with Crippen molar-refractivity contribution in [1.82, 2.24) is 0 Å². The van der Waals surface area contributed by atoms with Crippen LogP contribution in [0.15, 0.2) is 64.8 Å². The molecule has 0 aliphatic carbocycles. The minimum atomic E-state index is -1.11. The zero-order chi connectivity index (χ0) is 26.4. The van der Waals surface area contributed by atoms with E-state index in [0.29, 0.717) is 28.3 Å². The van der Waals surface area contributed by atoms with Crippen LogP contribution in [0.4, 0.5) is 5.69 Å². The summed E-state index contributed by atoms with van der Waals surface area (Å²) in [5, 5.41) is 20.1. The van der Waals surface area contributed by atoms with Gasteiger partial charge in [-0.2, -0.15) is 0 Å². The van der Waals surface area contributed by atoms with E-state index in [-0.39, 0.29) is 17.9 Å². The van der Waals surface area contributed by atoms with E-state index in [9.17, 15) is 24.5 Å². The van der Waals surface area contributed by atoms with Crippen molar-refractivity contribution in [2.45, 2.75) is 26.4 Å². The Kier molecular flexibility index (Phi) is 8.15. The van der Waals surface area contributed by atoms with Gasteiger partial charge in [-0.25, -0.2) is 9.59 Å². The second-order valence-corrected chi connectivity index (χ2v) is 7.99. The average Bonchev–Trinajstić information content (AvgIpc) is 2.85. The van der Waals surface area contributed by atoms with Crippen LogP contribution in [0.2, 0.25) is 0 Å². The van der Waals surface area contributed by atoms with Gasteiger partial charge in [-0.05, 0) is 37.1 Å². The van der Waals surface area contributed by atoms with Crippen LogP contribution in [0.3, 0.4) is 0 Å². The lowest BCUT2D eigenvalue weighted by molar-refractivity contribution is -0.384. The predicted molar refractivity (Wildman–Crippen MR) is 127 cm³/mol. The van der Waals surface area contributed by atoms with E-state index in [1.54, 1.807) is 44.2 Å². The molecule has 0 saturated heterocycles. The molecule has 1 heterocycles. The van der Waals surface area contributed by atoms with Crippen LogP contribution < -0.4 is 4.74 Å². The van der Waals surface area contributed by atoms with E-state index in [4.69, 9.17) is 19.3 Å². The minimum Gasteiger partial charge on any atom is -0.482 e. The van der Waals surface area contributed by atoms with E-state index in [2.05, 4.69) is 4.99 Å². The number of aliphatic carboxylic acids is 1. The number of esters is 2. The largest absolute Gasteiger partial charge is 0.482 e. The Morgan fingerprint density at radius 1 is 1.11 bits per heavy atom. The molecule has 11 heteroatoms. The summed E-state index contributed by atoms with van der Waals surface area (Å²) in [6.07, 6.45) is 0. The first-order valence-electron chi connectivity index (χ1n) is 10.8. The first-order chi connectivity index (χ1) is 17.1. The van der Waals surface area contributed by atoms with Gasteiger partial charge in [-0.15, -0.1) is 0 Å². The molecule has 0 radical (unpaired) electrons. The number of nitrogens with zero attached hydrogens (tertiary/aromatic N) is 2. The van der Waals surface area contributed by atoms with Crippen LogP contribution >= 0.6 is 0 Å². The summed E-state index contributed by atoms with van der Waals surface area (Å²) >= 11 is 0. The van der Waals surface area contributed by atoms with Crippen molar-refractivity contribution in [3.05, 3.63) is 81.0 Å². The van der Waals surface area contributed by atoms with Gasteiger partial charge in [0.05, 0.1) is 17.6 Å². The van der Waals surface area contributed by atoms with Crippen molar-refractivity contribution in [2.24, 2.45) is 10.9 Å². The number of nitro groups is 1. The molecule has 0 bridgehead atoms. The minimum absolute atomic E-state index is 0.0953. The van der Waals surface area contributed by atoms with Crippen LogP contribution in [0.1, 0.15) is 30.9 Å². The molecular weight excluding hydrogens is 472 g/mol. The van der Waals surface area contributed by atoms with Crippen molar-refractivity contribution < 1.29 is 38.6 Å². The maximum Gasteiger partial charge on any atom is 0.341 e. The van der Waals surface area contributed by atoms with Crippen molar-refractivity contribution in [2.75, 3.05) is 13.7 Å². The Balaban J connectivity index is 1.90. The molecule has 2 aromatic carbocycles. The lowest BCUT2D eigenvalue weighted by atomic mass is 9.75. The number of carbonyl (C=O) groups is 3. The number of carboxylic acid groups (broad SMARTS) is 1. The highest BCUT2D eigenvalue weighted by atomic mass is 16.6. The van der Waals surface area contributed by atoms with E-state index < -0.39 is 41.3 Å². The highest BCUT2D eigenvalue weighted by molar-refractivity contribution is 6.07. The Labute approximate surface area is 206 Å². The summed E-state index contributed by atoms with van der Waals surface area (Å²) in [6.45, 7) is 2.63. The van der Waals surface area contributed by atoms with Gasteiger partial charge in [0.2, 0.25) is 0 Å². The summed E-state index contributed by atoms with van der Waals surface area (Å²) in [7, 11) is 1.22.